The lowest BCUT2D eigenvalue weighted by Crippen LogP contribution is -2.48. The number of carbonyl (C=O) groups is 3. The van der Waals surface area contributed by atoms with Crippen LogP contribution >= 0.6 is 0 Å². The number of aliphatic carboxylic acids is 1. The van der Waals surface area contributed by atoms with Crippen LogP contribution in [0.2, 0.25) is 0 Å². The van der Waals surface area contributed by atoms with Gasteiger partial charge in [0.2, 0.25) is 5.91 Å². The fraction of sp³-hybridized carbons (Fsp3) is 0.393. The number of amides is 2. The summed E-state index contributed by atoms with van der Waals surface area (Å²) in [6, 6.07) is 15.3. The topological polar surface area (TPSA) is 105 Å². The van der Waals surface area contributed by atoms with Crippen LogP contribution in [-0.2, 0) is 14.3 Å². The first kappa shape index (κ1) is 24.3. The summed E-state index contributed by atoms with van der Waals surface area (Å²) in [4.78, 5) is 36.9. The number of hydrogen-bond donors (Lipinski definition) is 3. The van der Waals surface area contributed by atoms with Gasteiger partial charge >= 0.3 is 12.1 Å². The molecule has 0 aliphatic heterocycles. The van der Waals surface area contributed by atoms with Crippen LogP contribution in [0.4, 0.5) is 4.79 Å². The van der Waals surface area contributed by atoms with Crippen molar-refractivity contribution in [2.75, 3.05) is 13.2 Å². The van der Waals surface area contributed by atoms with Crippen molar-refractivity contribution in [3.8, 4) is 23.0 Å². The Morgan fingerprint density at radius 2 is 1.71 bits per heavy atom. The van der Waals surface area contributed by atoms with E-state index in [9.17, 15) is 19.5 Å². The number of carboxylic acid groups (broad SMARTS) is 1. The average molecular weight is 475 g/mol. The maximum atomic E-state index is 12.8. The molecule has 0 radical (unpaired) electrons. The van der Waals surface area contributed by atoms with Crippen LogP contribution < -0.4 is 10.6 Å². The molecule has 2 amide bonds. The van der Waals surface area contributed by atoms with Crippen molar-refractivity contribution < 1.29 is 24.2 Å². The van der Waals surface area contributed by atoms with E-state index in [1.165, 1.54) is 0 Å². The minimum atomic E-state index is -0.886. The van der Waals surface area contributed by atoms with Crippen LogP contribution in [-0.4, -0.2) is 42.3 Å². The van der Waals surface area contributed by atoms with Gasteiger partial charge in [0.15, 0.2) is 0 Å². The molecule has 0 heterocycles. The van der Waals surface area contributed by atoms with Gasteiger partial charge in [0, 0.05) is 18.9 Å². The molecule has 1 fully saturated rings. The second-order valence-electron chi connectivity index (χ2n) is 9.03. The number of rotatable bonds is 8. The number of benzene rings is 2. The lowest BCUT2D eigenvalue weighted by molar-refractivity contribution is -0.143. The fourth-order valence-corrected chi connectivity index (χ4v) is 5.16. The summed E-state index contributed by atoms with van der Waals surface area (Å²) in [6.07, 6.45) is 1.67. The van der Waals surface area contributed by atoms with Crippen molar-refractivity contribution in [1.29, 1.82) is 0 Å². The van der Waals surface area contributed by atoms with Gasteiger partial charge in [-0.3, -0.25) is 9.59 Å². The van der Waals surface area contributed by atoms with Gasteiger partial charge in [-0.05, 0) is 47.9 Å². The first-order valence-electron chi connectivity index (χ1n) is 12.0. The maximum absolute atomic E-state index is 12.8. The van der Waals surface area contributed by atoms with Gasteiger partial charge in [0.1, 0.15) is 12.6 Å². The quantitative estimate of drug-likeness (QED) is 0.503. The van der Waals surface area contributed by atoms with Gasteiger partial charge < -0.3 is 20.5 Å². The molecule has 4 rings (SSSR count). The van der Waals surface area contributed by atoms with Crippen LogP contribution in [0.3, 0.4) is 0 Å². The summed E-state index contributed by atoms with van der Waals surface area (Å²) in [5.74, 6) is 3.73. The summed E-state index contributed by atoms with van der Waals surface area (Å²) < 4.78 is 5.57. The SMILES string of the molecule is CC#CCC(NC(=O)OCC1c2ccccc2-c2ccccc21)C(=O)NC[C@@H]1CCC[C@@H]1C(=O)O. The minimum absolute atomic E-state index is 0.0776. The van der Waals surface area contributed by atoms with Crippen LogP contribution in [0.1, 0.15) is 49.7 Å². The Labute approximate surface area is 205 Å². The van der Waals surface area contributed by atoms with E-state index in [1.54, 1.807) is 6.92 Å². The summed E-state index contributed by atoms with van der Waals surface area (Å²) in [5, 5.41) is 14.8. The summed E-state index contributed by atoms with van der Waals surface area (Å²) >= 11 is 0. The number of hydrogen-bond acceptors (Lipinski definition) is 4. The molecule has 0 saturated heterocycles. The Morgan fingerprint density at radius 1 is 1.06 bits per heavy atom. The van der Waals surface area contributed by atoms with Gasteiger partial charge in [-0.25, -0.2) is 4.79 Å². The molecule has 2 aromatic carbocycles. The van der Waals surface area contributed by atoms with Crippen molar-refractivity contribution in [1.82, 2.24) is 10.6 Å². The van der Waals surface area contributed by atoms with Crippen molar-refractivity contribution in [3.63, 3.8) is 0 Å². The van der Waals surface area contributed by atoms with Gasteiger partial charge in [0.05, 0.1) is 5.92 Å². The second kappa shape index (κ2) is 11.1. The molecule has 1 unspecified atom stereocenters. The number of nitrogens with one attached hydrogen (secondary N) is 2. The van der Waals surface area contributed by atoms with E-state index >= 15 is 0 Å². The molecule has 35 heavy (non-hydrogen) atoms. The van der Waals surface area contributed by atoms with E-state index in [2.05, 4.69) is 34.6 Å². The lowest BCUT2D eigenvalue weighted by atomic mass is 9.96. The molecule has 2 aromatic rings. The molecule has 2 aliphatic carbocycles. The fourth-order valence-electron chi connectivity index (χ4n) is 5.16. The predicted molar refractivity (Wildman–Crippen MR) is 132 cm³/mol. The monoisotopic (exact) mass is 474 g/mol. The van der Waals surface area contributed by atoms with Crippen LogP contribution in [0, 0.1) is 23.7 Å². The van der Waals surface area contributed by atoms with Crippen molar-refractivity contribution in [3.05, 3.63) is 59.7 Å². The first-order valence-corrected chi connectivity index (χ1v) is 12.0. The van der Waals surface area contributed by atoms with Crippen LogP contribution in [0.15, 0.2) is 48.5 Å². The molecule has 0 bridgehead atoms. The molecule has 182 valence electrons. The molecule has 7 heteroatoms. The normalized spacial score (nSPS) is 19.0. The highest BCUT2D eigenvalue weighted by Crippen LogP contribution is 2.44. The number of alkyl carbamates (subject to hydrolysis) is 1. The van der Waals surface area contributed by atoms with Crippen LogP contribution in [0.5, 0.6) is 0 Å². The molecule has 0 aromatic heterocycles. The average Bonchev–Trinajstić information content (AvgIpc) is 3.47. The molecule has 3 N–H and O–H groups in total. The first-order chi connectivity index (χ1) is 17.0. The largest absolute Gasteiger partial charge is 0.481 e. The smallest absolute Gasteiger partial charge is 0.407 e. The third-order valence-corrected chi connectivity index (χ3v) is 6.95. The van der Waals surface area contributed by atoms with Crippen LogP contribution in [0.25, 0.3) is 11.1 Å². The molecular weight excluding hydrogens is 444 g/mol. The van der Waals surface area contributed by atoms with Crippen molar-refractivity contribution in [2.24, 2.45) is 11.8 Å². The van der Waals surface area contributed by atoms with E-state index in [1.807, 2.05) is 36.4 Å². The Kier molecular flexibility index (Phi) is 7.71. The highest BCUT2D eigenvalue weighted by molar-refractivity contribution is 5.86. The van der Waals surface area contributed by atoms with E-state index in [0.29, 0.717) is 6.42 Å². The van der Waals surface area contributed by atoms with E-state index < -0.39 is 29.9 Å². The van der Waals surface area contributed by atoms with E-state index in [0.717, 1.165) is 35.1 Å². The Bertz CT molecular complexity index is 1120. The number of carbonyl (C=O) groups excluding carboxylic acids is 2. The number of carboxylic acids is 1. The third kappa shape index (κ3) is 5.48. The van der Waals surface area contributed by atoms with Crippen molar-refractivity contribution >= 4 is 18.0 Å². The third-order valence-electron chi connectivity index (χ3n) is 6.95. The molecule has 7 nitrogen and oxygen atoms in total. The van der Waals surface area contributed by atoms with E-state index in [-0.39, 0.29) is 31.4 Å². The van der Waals surface area contributed by atoms with Gasteiger partial charge in [-0.15, -0.1) is 11.8 Å². The van der Waals surface area contributed by atoms with Gasteiger partial charge in [-0.1, -0.05) is 55.0 Å². The predicted octanol–water partition coefficient (Wildman–Crippen LogP) is 3.92. The zero-order valence-corrected chi connectivity index (χ0v) is 19.8. The maximum Gasteiger partial charge on any atom is 0.407 e. The van der Waals surface area contributed by atoms with Gasteiger partial charge in [-0.2, -0.15) is 0 Å². The van der Waals surface area contributed by atoms with E-state index in [4.69, 9.17) is 4.74 Å². The highest BCUT2D eigenvalue weighted by atomic mass is 16.5. The highest BCUT2D eigenvalue weighted by Gasteiger charge is 2.34. The lowest BCUT2D eigenvalue weighted by Gasteiger charge is -2.21. The second-order valence-corrected chi connectivity index (χ2v) is 9.03. The number of fused-ring (bicyclic) bond motifs is 3. The van der Waals surface area contributed by atoms with Crippen molar-refractivity contribution in [2.45, 2.75) is 44.6 Å². The summed E-state index contributed by atoms with van der Waals surface area (Å²) in [5.41, 5.74) is 4.49. The minimum Gasteiger partial charge on any atom is -0.481 e. The Hall–Kier alpha value is -3.79. The molecule has 0 spiro atoms. The Balaban J connectivity index is 1.36. The summed E-state index contributed by atoms with van der Waals surface area (Å²) in [7, 11) is 0. The molecule has 3 atom stereocenters. The molecular formula is C28H30N2O5. The zero-order valence-electron chi connectivity index (χ0n) is 19.8. The standard InChI is InChI=1S/C28H30N2O5/c1-2-3-15-25(26(31)29-16-18-9-8-14-19(18)27(32)33)30-28(34)35-17-24-22-12-6-4-10-20(22)21-11-5-7-13-23(21)24/h4-7,10-13,18-19,24-25H,8-9,14-17H2,1H3,(H,29,31)(H,30,34)(H,32,33)/t18-,19-,25?/m0/s1. The summed E-state index contributed by atoms with van der Waals surface area (Å²) in [6.45, 7) is 2.08. The zero-order chi connectivity index (χ0) is 24.8. The molecule has 2 aliphatic rings. The number of ether oxygens (including phenoxy) is 1. The van der Waals surface area contributed by atoms with Gasteiger partial charge in [0.25, 0.3) is 0 Å². The molecule has 1 saturated carbocycles. The Morgan fingerprint density at radius 3 is 2.34 bits per heavy atom.